The Morgan fingerprint density at radius 1 is 0.556 bits per heavy atom. The van der Waals surface area contributed by atoms with Crippen LogP contribution in [0.4, 0.5) is 0 Å². The zero-order valence-electron chi connectivity index (χ0n) is 44.4. The molecule has 11 nitrogen and oxygen atoms in total. The van der Waals surface area contributed by atoms with E-state index in [-0.39, 0.29) is 38.9 Å². The minimum atomic E-state index is -4.60. The first kappa shape index (κ1) is 52.3. The molecule has 4 fully saturated rings. The summed E-state index contributed by atoms with van der Waals surface area (Å²) in [6, 6.07) is 60.3. The summed E-state index contributed by atoms with van der Waals surface area (Å²) in [6.45, 7) is 3.75. The van der Waals surface area contributed by atoms with Gasteiger partial charge >= 0.3 is 0 Å². The van der Waals surface area contributed by atoms with Gasteiger partial charge in [0.1, 0.15) is 46.4 Å². The molecule has 2 unspecified atom stereocenters. The van der Waals surface area contributed by atoms with Crippen molar-refractivity contribution in [2.45, 2.75) is 68.1 Å². The lowest BCUT2D eigenvalue weighted by atomic mass is 9.42. The molecule has 9 aromatic rings. The maximum absolute atomic E-state index is 15.0. The second-order valence-electron chi connectivity index (χ2n) is 21.9. The molecule has 0 radical (unpaired) electrons. The number of nitriles is 2. The molecule has 4 bridgehead atoms. The monoisotopic (exact) mass is 1080 g/mol. The molecule has 1 N–H and O–H groups in total. The highest BCUT2D eigenvalue weighted by molar-refractivity contribution is 7.85. The minimum absolute atomic E-state index is 0.00112. The van der Waals surface area contributed by atoms with Crippen LogP contribution in [0, 0.1) is 48.3 Å². The molecule has 0 amide bonds. The zero-order chi connectivity index (χ0) is 56.0. The number of nitrogens with zero attached hydrogens (tertiary/aromatic N) is 3. The predicted molar refractivity (Wildman–Crippen MR) is 308 cm³/mol. The van der Waals surface area contributed by atoms with Gasteiger partial charge in [-0.1, -0.05) is 96.6 Å². The summed E-state index contributed by atoms with van der Waals surface area (Å²) in [4.78, 5) is 33.2. The molecule has 0 spiro atoms. The number of aryl methyl sites for hydroxylation is 2. The highest BCUT2D eigenvalue weighted by atomic mass is 32.2. The van der Waals surface area contributed by atoms with Crippen LogP contribution in [0.15, 0.2) is 199 Å². The minimum Gasteiger partial charge on any atom is -0.456 e. The fraction of sp³-hybridized carbons (Fsp3) is 0.174. The quantitative estimate of drug-likeness (QED) is 0.0763. The summed E-state index contributed by atoms with van der Waals surface area (Å²) in [7, 11) is -4.60. The first-order valence-corrected chi connectivity index (χ1v) is 28.3. The van der Waals surface area contributed by atoms with E-state index in [1.54, 1.807) is 91.1 Å². The van der Waals surface area contributed by atoms with Gasteiger partial charge in [0, 0.05) is 40.1 Å². The van der Waals surface area contributed by atoms with Crippen LogP contribution in [0.1, 0.15) is 104 Å². The van der Waals surface area contributed by atoms with E-state index in [1.807, 2.05) is 68.4 Å². The van der Waals surface area contributed by atoms with Crippen molar-refractivity contribution >= 4 is 21.7 Å². The third kappa shape index (κ3) is 10.2. The van der Waals surface area contributed by atoms with Crippen LogP contribution in [0.25, 0.3) is 22.3 Å². The molecular weight excluding hydrogens is 1030 g/mol. The Labute approximate surface area is 470 Å². The lowest BCUT2D eigenvalue weighted by Gasteiger charge is -2.62. The third-order valence-corrected chi connectivity index (χ3v) is 17.4. The van der Waals surface area contributed by atoms with Gasteiger partial charge in [-0.05, 0) is 199 Å². The van der Waals surface area contributed by atoms with Crippen molar-refractivity contribution in [2.75, 3.05) is 0 Å². The van der Waals surface area contributed by atoms with E-state index in [0.717, 1.165) is 49.3 Å². The fourth-order valence-corrected chi connectivity index (χ4v) is 13.8. The van der Waals surface area contributed by atoms with Crippen molar-refractivity contribution in [1.29, 1.82) is 10.5 Å². The van der Waals surface area contributed by atoms with Crippen LogP contribution in [-0.2, 0) is 20.9 Å². The Morgan fingerprint density at radius 3 is 1.74 bits per heavy atom. The number of pyridine rings is 1. The molecule has 1 aromatic heterocycles. The van der Waals surface area contributed by atoms with Gasteiger partial charge < -0.3 is 14.2 Å². The van der Waals surface area contributed by atoms with E-state index >= 15 is 4.79 Å². The standard InChI is InChI=1S/C69H53N3O8S/c1-43-15-29-56(59(32-43)67(74)49-9-6-10-55(34-49)81(75,76)77)48-18-30-58(60(35-48)66(73)47-16-23-54(24-17-47)80-65-14-3-4-31-72-65)57-11-7-13-64(62(57)41-71)79-53-27-21-51(22-28-53)69-38-45-33-46(39-69)37-68(36-45,42-69)50-19-25-52(26-20-50)78-63-12-5-8-44(2)61(63)40-70/h3-32,34-35,45-46H,33,36-39,42H2,1-2H3,(H,75,76,77). The summed E-state index contributed by atoms with van der Waals surface area (Å²) < 4.78 is 52.8. The SMILES string of the molecule is Cc1ccc(-c2ccc(-c3cccc(Oc4ccc(C56CC7CC(CC(c8ccc(Oc9cccc(C)c9C#N)cc8)(C7)C5)C6)cc4)c3C#N)c(C(=O)c3ccc(Oc4ccccn4)cc3)c2)c(C(=O)c2cccc(S(=O)(=O)O)c2)c1. The van der Waals surface area contributed by atoms with Crippen LogP contribution < -0.4 is 14.2 Å². The number of aromatic nitrogens is 1. The summed E-state index contributed by atoms with van der Waals surface area (Å²) in [5.41, 5.74) is 7.83. The fourth-order valence-electron chi connectivity index (χ4n) is 13.3. The molecule has 4 aliphatic rings. The maximum atomic E-state index is 15.0. The van der Waals surface area contributed by atoms with Gasteiger partial charge in [-0.15, -0.1) is 0 Å². The van der Waals surface area contributed by atoms with E-state index in [0.29, 0.717) is 79.8 Å². The van der Waals surface area contributed by atoms with Crippen molar-refractivity contribution in [3.63, 3.8) is 0 Å². The number of ether oxygens (including phenoxy) is 3. The molecule has 398 valence electrons. The molecule has 4 aliphatic carbocycles. The Morgan fingerprint density at radius 2 is 1.12 bits per heavy atom. The van der Waals surface area contributed by atoms with Crippen molar-refractivity contribution in [2.24, 2.45) is 11.8 Å². The number of hydrogen-bond acceptors (Lipinski definition) is 10. The van der Waals surface area contributed by atoms with Gasteiger partial charge in [-0.3, -0.25) is 14.1 Å². The number of benzene rings is 8. The first-order chi connectivity index (χ1) is 39.2. The Kier molecular flexibility index (Phi) is 13.5. The largest absolute Gasteiger partial charge is 0.456 e. The highest BCUT2D eigenvalue weighted by Gasteiger charge is 2.58. The predicted octanol–water partition coefficient (Wildman–Crippen LogP) is 15.7. The van der Waals surface area contributed by atoms with Gasteiger partial charge in [-0.2, -0.15) is 18.9 Å². The number of rotatable bonds is 15. The molecule has 81 heavy (non-hydrogen) atoms. The van der Waals surface area contributed by atoms with Gasteiger partial charge in [0.25, 0.3) is 10.1 Å². The molecule has 4 saturated carbocycles. The average molecular weight is 1080 g/mol. The van der Waals surface area contributed by atoms with Crippen LogP contribution in [0.3, 0.4) is 0 Å². The van der Waals surface area contributed by atoms with Crippen LogP contribution in [0.5, 0.6) is 34.6 Å². The van der Waals surface area contributed by atoms with E-state index in [9.17, 15) is 28.3 Å². The molecule has 0 saturated heterocycles. The average Bonchev–Trinajstić information content (AvgIpc) is 3.62. The molecule has 13 rings (SSSR count). The lowest BCUT2D eigenvalue weighted by Crippen LogP contribution is -2.55. The molecular formula is C69H53N3O8S. The number of hydrogen-bond donors (Lipinski definition) is 1. The summed E-state index contributed by atoms with van der Waals surface area (Å²) >= 11 is 0. The summed E-state index contributed by atoms with van der Waals surface area (Å²) in [5, 5.41) is 20.8. The second-order valence-corrected chi connectivity index (χ2v) is 23.3. The van der Waals surface area contributed by atoms with E-state index in [2.05, 4.69) is 41.4 Å². The molecule has 8 aromatic carbocycles. The topological polar surface area (TPSA) is 177 Å². The van der Waals surface area contributed by atoms with Crippen molar-refractivity contribution in [1.82, 2.24) is 4.98 Å². The Bertz CT molecular complexity index is 4150. The smallest absolute Gasteiger partial charge is 0.294 e. The van der Waals surface area contributed by atoms with Crippen LogP contribution in [-0.4, -0.2) is 29.5 Å². The first-order valence-electron chi connectivity index (χ1n) is 26.9. The lowest BCUT2D eigenvalue weighted by molar-refractivity contribution is -0.0281. The summed E-state index contributed by atoms with van der Waals surface area (Å²) in [6.07, 6.45) is 8.49. The van der Waals surface area contributed by atoms with Crippen LogP contribution in [0.2, 0.25) is 0 Å². The van der Waals surface area contributed by atoms with Gasteiger partial charge in [0.2, 0.25) is 5.88 Å². The molecule has 0 aliphatic heterocycles. The number of carbonyl (C=O) groups is 2. The molecule has 2 atom stereocenters. The van der Waals surface area contributed by atoms with E-state index in [4.69, 9.17) is 14.2 Å². The van der Waals surface area contributed by atoms with E-state index in [1.165, 1.54) is 35.7 Å². The zero-order valence-corrected chi connectivity index (χ0v) is 45.2. The number of ketones is 2. The number of carbonyl (C=O) groups excluding carboxylic acids is 2. The van der Waals surface area contributed by atoms with Crippen LogP contribution >= 0.6 is 0 Å². The van der Waals surface area contributed by atoms with Crippen molar-refractivity contribution < 1.29 is 36.8 Å². The molecule has 12 heteroatoms. The van der Waals surface area contributed by atoms with Gasteiger partial charge in [0.05, 0.1) is 10.5 Å². The maximum Gasteiger partial charge on any atom is 0.294 e. The normalized spacial score (nSPS) is 18.8. The van der Waals surface area contributed by atoms with Gasteiger partial charge in [-0.25, -0.2) is 4.98 Å². The third-order valence-electron chi connectivity index (χ3n) is 16.6. The van der Waals surface area contributed by atoms with Gasteiger partial charge in [0.15, 0.2) is 11.6 Å². The Balaban J connectivity index is 0.855. The summed E-state index contributed by atoms with van der Waals surface area (Å²) in [5.74, 6) is 3.36. The second kappa shape index (κ2) is 21.0. The van der Waals surface area contributed by atoms with Crippen molar-refractivity contribution in [3.8, 4) is 69.0 Å². The van der Waals surface area contributed by atoms with E-state index < -0.39 is 20.8 Å². The van der Waals surface area contributed by atoms with Crippen molar-refractivity contribution in [3.05, 3.63) is 250 Å². The molecule has 1 heterocycles. The Hall–Kier alpha value is -9.46. The highest BCUT2D eigenvalue weighted by Crippen LogP contribution is 2.66.